The van der Waals surface area contributed by atoms with E-state index in [0.717, 1.165) is 4.68 Å². The molecule has 3 aromatic rings. The summed E-state index contributed by atoms with van der Waals surface area (Å²) in [4.78, 5) is 30.4. The number of anilines is 1. The molecule has 1 aliphatic rings. The number of carbonyl (C=O) groups is 1. The van der Waals surface area contributed by atoms with Gasteiger partial charge in [0.05, 0.1) is 20.2 Å². The van der Waals surface area contributed by atoms with Crippen molar-refractivity contribution in [3.8, 4) is 5.75 Å². The maximum absolute atomic E-state index is 13.9. The second-order valence-corrected chi connectivity index (χ2v) is 5.84. The van der Waals surface area contributed by atoms with Crippen molar-refractivity contribution < 1.29 is 13.9 Å². The van der Waals surface area contributed by atoms with Crippen LogP contribution < -0.4 is 15.3 Å². The van der Waals surface area contributed by atoms with Crippen molar-refractivity contribution in [3.05, 3.63) is 76.2 Å². The summed E-state index contributed by atoms with van der Waals surface area (Å²) in [5.74, 6) is 0.564. The van der Waals surface area contributed by atoms with Gasteiger partial charge in [0.2, 0.25) is 0 Å². The third kappa shape index (κ3) is 2.55. The fraction of sp³-hybridized carbons (Fsp3) is 0.167. The quantitative estimate of drug-likeness (QED) is 0.720. The van der Waals surface area contributed by atoms with Crippen LogP contribution in [0.4, 0.5) is 14.9 Å². The number of aromatic nitrogens is 3. The van der Waals surface area contributed by atoms with Crippen molar-refractivity contribution in [3.63, 3.8) is 0 Å². The van der Waals surface area contributed by atoms with Gasteiger partial charge in [0.25, 0.3) is 0 Å². The molecule has 1 aromatic heterocycles. The molecule has 8 heteroatoms. The molecule has 0 unspecified atom stereocenters. The van der Waals surface area contributed by atoms with E-state index in [2.05, 4.69) is 4.98 Å². The molecular formula is C18H15FN4O3. The number of ether oxygens (including phenoxy) is 1. The first-order valence-corrected chi connectivity index (χ1v) is 7.96. The zero-order chi connectivity index (χ0) is 18.3. The van der Waals surface area contributed by atoms with Crippen LogP contribution in [0.2, 0.25) is 0 Å². The first-order valence-electron chi connectivity index (χ1n) is 7.96. The van der Waals surface area contributed by atoms with Crippen molar-refractivity contribution in [1.82, 2.24) is 14.3 Å². The number of amides is 1. The van der Waals surface area contributed by atoms with Crippen molar-refractivity contribution >= 4 is 11.7 Å². The standard InChI is InChI=1S/C18H15FN4O3/c1-26-14-8-6-13(7-9-14)21-11-16-20-17(24)22(23(16)18(21)25)10-12-4-2-3-5-15(12)19/h2-9H,10-11H2,1H3. The van der Waals surface area contributed by atoms with Crippen molar-refractivity contribution in [2.45, 2.75) is 13.1 Å². The summed E-state index contributed by atoms with van der Waals surface area (Å²) >= 11 is 0. The number of nitrogens with zero attached hydrogens (tertiary/aromatic N) is 4. The Bertz CT molecular complexity index is 1040. The number of benzene rings is 2. The van der Waals surface area contributed by atoms with Gasteiger partial charge in [-0.1, -0.05) is 18.2 Å². The number of carbonyl (C=O) groups excluding carboxylic acids is 1. The molecule has 0 N–H and O–H groups in total. The Labute approximate surface area is 147 Å². The topological polar surface area (TPSA) is 69.4 Å². The fourth-order valence-electron chi connectivity index (χ4n) is 2.97. The molecule has 0 spiro atoms. The van der Waals surface area contributed by atoms with E-state index in [1.54, 1.807) is 49.6 Å². The highest BCUT2D eigenvalue weighted by molar-refractivity contribution is 5.95. The molecule has 1 amide bonds. The molecule has 0 aliphatic carbocycles. The lowest BCUT2D eigenvalue weighted by molar-refractivity contribution is 0.244. The average Bonchev–Trinajstić information content (AvgIpc) is 3.13. The Hall–Kier alpha value is -3.42. The van der Waals surface area contributed by atoms with Gasteiger partial charge in [-0.25, -0.2) is 18.7 Å². The van der Waals surface area contributed by atoms with E-state index in [4.69, 9.17) is 4.74 Å². The van der Waals surface area contributed by atoms with Gasteiger partial charge in [0, 0.05) is 11.3 Å². The van der Waals surface area contributed by atoms with Crippen LogP contribution in [0.25, 0.3) is 0 Å². The van der Waals surface area contributed by atoms with E-state index in [9.17, 15) is 14.0 Å². The van der Waals surface area contributed by atoms with Gasteiger partial charge >= 0.3 is 11.7 Å². The first-order chi connectivity index (χ1) is 12.6. The molecule has 2 heterocycles. The molecule has 1 aliphatic heterocycles. The number of rotatable bonds is 4. The number of fused-ring (bicyclic) bond motifs is 1. The van der Waals surface area contributed by atoms with Crippen LogP contribution in [0, 0.1) is 5.82 Å². The maximum Gasteiger partial charge on any atom is 0.364 e. The van der Waals surface area contributed by atoms with Gasteiger partial charge in [0.1, 0.15) is 11.6 Å². The van der Waals surface area contributed by atoms with E-state index in [-0.39, 0.29) is 13.1 Å². The Balaban J connectivity index is 1.68. The number of methoxy groups -OCH3 is 1. The number of hydrogen-bond acceptors (Lipinski definition) is 4. The summed E-state index contributed by atoms with van der Waals surface area (Å²) in [6.07, 6.45) is 0. The summed E-state index contributed by atoms with van der Waals surface area (Å²) in [7, 11) is 1.56. The molecule has 0 fully saturated rings. The monoisotopic (exact) mass is 354 g/mol. The molecule has 4 rings (SSSR count). The molecule has 0 saturated carbocycles. The van der Waals surface area contributed by atoms with Crippen LogP contribution in [-0.4, -0.2) is 27.5 Å². The van der Waals surface area contributed by atoms with Gasteiger partial charge in [-0.3, -0.25) is 4.90 Å². The van der Waals surface area contributed by atoms with E-state index >= 15 is 0 Å². The van der Waals surface area contributed by atoms with E-state index < -0.39 is 17.5 Å². The lowest BCUT2D eigenvalue weighted by Gasteiger charge is -2.16. The van der Waals surface area contributed by atoms with Crippen LogP contribution >= 0.6 is 0 Å². The van der Waals surface area contributed by atoms with E-state index in [1.807, 2.05) is 0 Å². The summed E-state index contributed by atoms with van der Waals surface area (Å²) in [6, 6.07) is 12.7. The van der Waals surface area contributed by atoms with Gasteiger partial charge < -0.3 is 4.74 Å². The van der Waals surface area contributed by atoms with Gasteiger partial charge in [-0.15, -0.1) is 0 Å². The first kappa shape index (κ1) is 16.1. The lowest BCUT2D eigenvalue weighted by atomic mass is 10.2. The largest absolute Gasteiger partial charge is 0.497 e. The summed E-state index contributed by atoms with van der Waals surface area (Å²) < 4.78 is 21.4. The summed E-state index contributed by atoms with van der Waals surface area (Å²) in [5.41, 5.74) is 0.394. The molecule has 0 saturated heterocycles. The molecule has 132 valence electrons. The fourth-order valence-corrected chi connectivity index (χ4v) is 2.97. The Morgan fingerprint density at radius 3 is 2.54 bits per heavy atom. The molecule has 0 radical (unpaired) electrons. The smallest absolute Gasteiger partial charge is 0.364 e. The minimum Gasteiger partial charge on any atom is -0.497 e. The normalized spacial score (nSPS) is 13.2. The number of hydrogen-bond donors (Lipinski definition) is 0. The van der Waals surface area contributed by atoms with Gasteiger partial charge in [-0.2, -0.15) is 9.67 Å². The summed E-state index contributed by atoms with van der Waals surface area (Å²) in [6.45, 7) is 0.103. The molecular weight excluding hydrogens is 339 g/mol. The van der Waals surface area contributed by atoms with Gasteiger partial charge in [-0.05, 0) is 30.3 Å². The van der Waals surface area contributed by atoms with E-state index in [1.165, 1.54) is 15.6 Å². The highest BCUT2D eigenvalue weighted by Gasteiger charge is 2.33. The highest BCUT2D eigenvalue weighted by Crippen LogP contribution is 2.25. The van der Waals surface area contributed by atoms with Crippen LogP contribution in [0.1, 0.15) is 11.4 Å². The van der Waals surface area contributed by atoms with Crippen LogP contribution in [-0.2, 0) is 13.1 Å². The molecule has 7 nitrogen and oxygen atoms in total. The Morgan fingerprint density at radius 1 is 1.12 bits per heavy atom. The zero-order valence-electron chi connectivity index (χ0n) is 13.9. The van der Waals surface area contributed by atoms with Crippen LogP contribution in [0.15, 0.2) is 53.3 Å². The van der Waals surface area contributed by atoms with E-state index in [0.29, 0.717) is 22.8 Å². The molecule has 0 bridgehead atoms. The van der Waals surface area contributed by atoms with Crippen LogP contribution in [0.3, 0.4) is 0 Å². The average molecular weight is 354 g/mol. The minimum atomic E-state index is -0.578. The SMILES string of the molecule is COc1ccc(N2Cc3nc(=O)n(Cc4ccccc4F)n3C2=O)cc1. The van der Waals surface area contributed by atoms with Gasteiger partial charge in [0.15, 0.2) is 5.82 Å². The molecule has 26 heavy (non-hydrogen) atoms. The highest BCUT2D eigenvalue weighted by atomic mass is 19.1. The van der Waals surface area contributed by atoms with Crippen molar-refractivity contribution in [2.24, 2.45) is 0 Å². The second kappa shape index (κ2) is 6.14. The van der Waals surface area contributed by atoms with Crippen molar-refractivity contribution in [2.75, 3.05) is 12.0 Å². The Morgan fingerprint density at radius 2 is 1.85 bits per heavy atom. The third-order valence-electron chi connectivity index (χ3n) is 4.31. The van der Waals surface area contributed by atoms with Crippen molar-refractivity contribution in [1.29, 1.82) is 0 Å². The summed E-state index contributed by atoms with van der Waals surface area (Å²) in [5, 5.41) is 0. The maximum atomic E-state index is 13.9. The van der Waals surface area contributed by atoms with Crippen LogP contribution in [0.5, 0.6) is 5.75 Å². The lowest BCUT2D eigenvalue weighted by Crippen LogP contribution is -2.34. The third-order valence-corrected chi connectivity index (χ3v) is 4.31. The number of halogens is 1. The molecule has 2 aromatic carbocycles. The predicted molar refractivity (Wildman–Crippen MR) is 92.0 cm³/mol. The Kier molecular flexibility index (Phi) is 3.80. The second-order valence-electron chi connectivity index (χ2n) is 5.84. The zero-order valence-corrected chi connectivity index (χ0v) is 13.9. The minimum absolute atomic E-state index is 0.0688. The molecule has 0 atom stereocenters. The predicted octanol–water partition coefficient (Wildman–Crippen LogP) is 2.23.